The van der Waals surface area contributed by atoms with Gasteiger partial charge in [0.1, 0.15) is 5.69 Å². The van der Waals surface area contributed by atoms with Crippen molar-refractivity contribution in [3.05, 3.63) is 51.8 Å². The van der Waals surface area contributed by atoms with Crippen molar-refractivity contribution in [1.82, 2.24) is 9.78 Å². The zero-order chi connectivity index (χ0) is 18.4. The number of rotatable bonds is 4. The Morgan fingerprint density at radius 3 is 2.32 bits per heavy atom. The molecule has 3 aromatic rings. The molecule has 0 fully saturated rings. The van der Waals surface area contributed by atoms with Crippen molar-refractivity contribution >= 4 is 21.4 Å². The van der Waals surface area contributed by atoms with Crippen molar-refractivity contribution in [2.75, 3.05) is 0 Å². The Morgan fingerprint density at radius 2 is 1.84 bits per heavy atom. The SMILES string of the molecule is Cc1csc(C)c1-c1cc(C(F)F)nn1-c1ccc(S(N)(=O)=O)cc1. The van der Waals surface area contributed by atoms with E-state index in [0.29, 0.717) is 11.4 Å². The molecule has 0 aliphatic heterocycles. The summed E-state index contributed by atoms with van der Waals surface area (Å²) in [6.07, 6.45) is -2.71. The molecule has 3 rings (SSSR count). The van der Waals surface area contributed by atoms with Crippen LogP contribution < -0.4 is 5.14 Å². The van der Waals surface area contributed by atoms with Gasteiger partial charge in [-0.1, -0.05) is 0 Å². The summed E-state index contributed by atoms with van der Waals surface area (Å²) >= 11 is 1.53. The summed E-state index contributed by atoms with van der Waals surface area (Å²) in [5, 5.41) is 11.0. The smallest absolute Gasteiger partial charge is 0.233 e. The van der Waals surface area contributed by atoms with Crippen molar-refractivity contribution in [2.45, 2.75) is 25.2 Å². The highest BCUT2D eigenvalue weighted by Crippen LogP contribution is 2.35. The molecule has 0 amide bonds. The zero-order valence-corrected chi connectivity index (χ0v) is 15.0. The maximum atomic E-state index is 13.2. The number of hydrogen-bond donors (Lipinski definition) is 1. The monoisotopic (exact) mass is 383 g/mol. The van der Waals surface area contributed by atoms with Gasteiger partial charge in [0, 0.05) is 10.4 Å². The van der Waals surface area contributed by atoms with Gasteiger partial charge < -0.3 is 0 Å². The molecular formula is C16H15F2N3O2S2. The molecule has 0 atom stereocenters. The average Bonchev–Trinajstić information content (AvgIpc) is 3.10. The first-order valence-electron chi connectivity index (χ1n) is 7.25. The van der Waals surface area contributed by atoms with Gasteiger partial charge in [0.2, 0.25) is 10.0 Å². The number of thiophene rings is 1. The fraction of sp³-hybridized carbons (Fsp3) is 0.188. The molecule has 9 heteroatoms. The summed E-state index contributed by atoms with van der Waals surface area (Å²) in [6, 6.07) is 6.99. The third kappa shape index (κ3) is 3.35. The van der Waals surface area contributed by atoms with Gasteiger partial charge in [-0.05, 0) is 55.1 Å². The minimum Gasteiger partial charge on any atom is -0.233 e. The number of aryl methyl sites for hydroxylation is 2. The van der Waals surface area contributed by atoms with Crippen LogP contribution in [0.3, 0.4) is 0 Å². The highest BCUT2D eigenvalue weighted by molar-refractivity contribution is 7.89. The van der Waals surface area contributed by atoms with Crippen LogP contribution in [-0.2, 0) is 10.0 Å². The lowest BCUT2D eigenvalue weighted by molar-refractivity contribution is 0.145. The maximum Gasteiger partial charge on any atom is 0.282 e. The third-order valence-corrected chi connectivity index (χ3v) is 5.73. The van der Waals surface area contributed by atoms with E-state index in [0.717, 1.165) is 16.0 Å². The summed E-state index contributed by atoms with van der Waals surface area (Å²) in [5.41, 5.74) is 2.48. The van der Waals surface area contributed by atoms with Gasteiger partial charge in [-0.3, -0.25) is 0 Å². The summed E-state index contributed by atoms with van der Waals surface area (Å²) < 4.78 is 50.5. The van der Waals surface area contributed by atoms with Crippen LogP contribution in [0.1, 0.15) is 22.6 Å². The normalized spacial score (nSPS) is 12.1. The van der Waals surface area contributed by atoms with Crippen LogP contribution in [0.2, 0.25) is 0 Å². The molecule has 0 bridgehead atoms. The largest absolute Gasteiger partial charge is 0.282 e. The average molecular weight is 383 g/mol. The molecule has 2 N–H and O–H groups in total. The zero-order valence-electron chi connectivity index (χ0n) is 13.4. The highest BCUT2D eigenvalue weighted by Gasteiger charge is 2.21. The second kappa shape index (κ2) is 6.32. The summed E-state index contributed by atoms with van der Waals surface area (Å²) in [7, 11) is -3.82. The Bertz CT molecular complexity index is 1000. The minimum atomic E-state index is -3.82. The molecule has 0 saturated heterocycles. The predicted molar refractivity (Wildman–Crippen MR) is 92.7 cm³/mol. The van der Waals surface area contributed by atoms with Crippen LogP contribution in [0.25, 0.3) is 16.9 Å². The lowest BCUT2D eigenvalue weighted by atomic mass is 10.1. The standard InChI is InChI=1S/C16H15F2N3O2S2/c1-9-8-24-10(2)15(9)14-7-13(16(17)18)20-21(14)11-3-5-12(6-4-11)25(19,22)23/h3-8,16H,1-2H3,(H2,19,22,23). The fourth-order valence-electron chi connectivity index (χ4n) is 2.61. The Morgan fingerprint density at radius 1 is 1.20 bits per heavy atom. The number of sulfonamides is 1. The first-order chi connectivity index (χ1) is 11.7. The first kappa shape index (κ1) is 17.7. The Balaban J connectivity index is 2.19. The molecule has 25 heavy (non-hydrogen) atoms. The van der Waals surface area contributed by atoms with Gasteiger partial charge in [0.15, 0.2) is 0 Å². The van der Waals surface area contributed by atoms with E-state index >= 15 is 0 Å². The van der Waals surface area contributed by atoms with E-state index in [2.05, 4.69) is 5.10 Å². The van der Waals surface area contributed by atoms with Gasteiger partial charge in [-0.2, -0.15) is 5.10 Å². The molecule has 0 spiro atoms. The molecule has 0 unspecified atom stereocenters. The number of nitrogens with zero attached hydrogens (tertiary/aromatic N) is 2. The number of primary sulfonamides is 1. The van der Waals surface area contributed by atoms with Gasteiger partial charge >= 0.3 is 0 Å². The Hall–Kier alpha value is -2.10. The summed E-state index contributed by atoms with van der Waals surface area (Å²) in [4.78, 5) is 0.933. The lowest BCUT2D eigenvalue weighted by Gasteiger charge is -2.09. The van der Waals surface area contributed by atoms with E-state index < -0.39 is 16.4 Å². The molecule has 2 heterocycles. The van der Waals surface area contributed by atoms with E-state index in [1.807, 2.05) is 19.2 Å². The van der Waals surface area contributed by atoms with Crippen LogP contribution in [0.5, 0.6) is 0 Å². The molecule has 0 radical (unpaired) electrons. The third-order valence-electron chi connectivity index (χ3n) is 3.78. The van der Waals surface area contributed by atoms with E-state index in [9.17, 15) is 17.2 Å². The number of halogens is 2. The molecular weight excluding hydrogens is 368 g/mol. The summed E-state index contributed by atoms with van der Waals surface area (Å²) in [5.74, 6) is 0. The van der Waals surface area contributed by atoms with Crippen LogP contribution in [0.4, 0.5) is 8.78 Å². The van der Waals surface area contributed by atoms with Crippen LogP contribution in [0.15, 0.2) is 40.6 Å². The van der Waals surface area contributed by atoms with Gasteiger partial charge in [-0.25, -0.2) is 27.0 Å². The fourth-order valence-corrected chi connectivity index (χ4v) is 3.98. The van der Waals surface area contributed by atoms with Crippen LogP contribution in [-0.4, -0.2) is 18.2 Å². The minimum absolute atomic E-state index is 0.0538. The van der Waals surface area contributed by atoms with Crippen LogP contribution >= 0.6 is 11.3 Å². The maximum absolute atomic E-state index is 13.2. The number of aromatic nitrogens is 2. The van der Waals surface area contributed by atoms with Crippen LogP contribution in [0, 0.1) is 13.8 Å². The van der Waals surface area contributed by atoms with Crippen molar-refractivity contribution in [2.24, 2.45) is 5.14 Å². The second-order valence-electron chi connectivity index (χ2n) is 5.56. The molecule has 0 saturated carbocycles. The number of benzene rings is 1. The molecule has 132 valence electrons. The highest BCUT2D eigenvalue weighted by atomic mass is 32.2. The van der Waals surface area contributed by atoms with E-state index in [-0.39, 0.29) is 10.6 Å². The van der Waals surface area contributed by atoms with Crippen molar-refractivity contribution < 1.29 is 17.2 Å². The number of alkyl halides is 2. The van der Waals surface area contributed by atoms with Gasteiger partial charge in [0.05, 0.1) is 16.3 Å². The topological polar surface area (TPSA) is 78.0 Å². The first-order valence-corrected chi connectivity index (χ1v) is 9.67. The van der Waals surface area contributed by atoms with E-state index in [4.69, 9.17) is 5.14 Å². The Kier molecular flexibility index (Phi) is 4.48. The van der Waals surface area contributed by atoms with E-state index in [1.165, 1.54) is 46.4 Å². The van der Waals surface area contributed by atoms with Crippen molar-refractivity contribution in [3.8, 4) is 16.9 Å². The van der Waals surface area contributed by atoms with E-state index in [1.54, 1.807) is 0 Å². The Labute approximate surface area is 147 Å². The molecule has 0 aliphatic carbocycles. The molecule has 1 aromatic carbocycles. The summed E-state index contributed by atoms with van der Waals surface area (Å²) in [6.45, 7) is 3.82. The molecule has 5 nitrogen and oxygen atoms in total. The van der Waals surface area contributed by atoms with Gasteiger partial charge in [0.25, 0.3) is 6.43 Å². The molecule has 0 aliphatic rings. The van der Waals surface area contributed by atoms with Gasteiger partial charge in [-0.15, -0.1) is 11.3 Å². The van der Waals surface area contributed by atoms with Crippen molar-refractivity contribution in [1.29, 1.82) is 0 Å². The second-order valence-corrected chi connectivity index (χ2v) is 8.20. The molecule has 2 aromatic heterocycles. The number of nitrogens with two attached hydrogens (primary N) is 1. The number of hydrogen-bond acceptors (Lipinski definition) is 4. The predicted octanol–water partition coefficient (Wildman–Crippen LogP) is 3.80. The van der Waals surface area contributed by atoms with Crippen molar-refractivity contribution in [3.63, 3.8) is 0 Å². The quantitative estimate of drug-likeness (QED) is 0.744. The lowest BCUT2D eigenvalue weighted by Crippen LogP contribution is -2.12.